The van der Waals surface area contributed by atoms with Gasteiger partial charge in [0.25, 0.3) is 0 Å². The van der Waals surface area contributed by atoms with E-state index < -0.39 is 0 Å². The van der Waals surface area contributed by atoms with Crippen molar-refractivity contribution < 1.29 is 0 Å². The highest BCUT2D eigenvalue weighted by molar-refractivity contribution is 4.76. The van der Waals surface area contributed by atoms with Gasteiger partial charge in [-0.25, -0.2) is 0 Å². The van der Waals surface area contributed by atoms with Crippen LogP contribution in [0.1, 0.15) is 73.1 Å². The number of hydrogen-bond donors (Lipinski definition) is 1. The number of rotatable bonds is 10. The second kappa shape index (κ2) is 10.1. The van der Waals surface area contributed by atoms with Crippen LogP contribution in [0.4, 0.5) is 0 Å². The minimum absolute atomic E-state index is 0.741. The van der Waals surface area contributed by atoms with E-state index >= 15 is 0 Å². The van der Waals surface area contributed by atoms with Gasteiger partial charge in [-0.3, -0.25) is 0 Å². The van der Waals surface area contributed by atoms with Crippen LogP contribution in [-0.4, -0.2) is 12.6 Å². The first kappa shape index (κ1) is 16.0. The van der Waals surface area contributed by atoms with Gasteiger partial charge in [-0.15, -0.1) is 0 Å². The lowest BCUT2D eigenvalue weighted by Gasteiger charge is -2.28. The third kappa shape index (κ3) is 6.52. The van der Waals surface area contributed by atoms with E-state index in [1.165, 1.54) is 45.1 Å². The Kier molecular flexibility index (Phi) is 10.1. The van der Waals surface area contributed by atoms with Gasteiger partial charge in [0.2, 0.25) is 0 Å². The highest BCUT2D eigenvalue weighted by Crippen LogP contribution is 2.21. The van der Waals surface area contributed by atoms with Crippen LogP contribution in [0, 0.1) is 11.8 Å². The van der Waals surface area contributed by atoms with E-state index in [0.717, 1.165) is 17.9 Å². The normalized spacial score (nSPS) is 15.4. The first-order valence-corrected chi connectivity index (χ1v) is 7.42. The van der Waals surface area contributed by atoms with Crippen molar-refractivity contribution in [1.29, 1.82) is 0 Å². The molecule has 0 radical (unpaired) electrons. The van der Waals surface area contributed by atoms with E-state index in [2.05, 4.69) is 39.9 Å². The Bertz CT molecular complexity index is 140. The zero-order chi connectivity index (χ0) is 12.4. The van der Waals surface area contributed by atoms with Crippen LogP contribution in [0.2, 0.25) is 0 Å². The first-order chi connectivity index (χ1) is 7.69. The van der Waals surface area contributed by atoms with Crippen molar-refractivity contribution in [3.05, 3.63) is 0 Å². The van der Waals surface area contributed by atoms with Gasteiger partial charge < -0.3 is 5.32 Å². The minimum atomic E-state index is 0.741. The molecule has 0 aromatic heterocycles. The van der Waals surface area contributed by atoms with Gasteiger partial charge in [0, 0.05) is 6.04 Å². The van der Waals surface area contributed by atoms with Crippen molar-refractivity contribution in [2.75, 3.05) is 6.54 Å². The molecule has 0 saturated carbocycles. The van der Waals surface area contributed by atoms with Crippen molar-refractivity contribution >= 4 is 0 Å². The average Bonchev–Trinajstić information content (AvgIpc) is 2.30. The van der Waals surface area contributed by atoms with Crippen LogP contribution in [0.5, 0.6) is 0 Å². The highest BCUT2D eigenvalue weighted by Gasteiger charge is 2.19. The third-order valence-corrected chi connectivity index (χ3v) is 3.83. The van der Waals surface area contributed by atoms with Gasteiger partial charge in [-0.1, -0.05) is 53.9 Å². The molecule has 0 saturated heterocycles. The number of hydrogen-bond acceptors (Lipinski definition) is 1. The lowest BCUT2D eigenvalue weighted by Crippen LogP contribution is -2.37. The predicted molar refractivity (Wildman–Crippen MR) is 74.8 cm³/mol. The molecule has 0 aromatic carbocycles. The van der Waals surface area contributed by atoms with Crippen molar-refractivity contribution in [2.45, 2.75) is 79.2 Å². The average molecular weight is 227 g/mol. The molecule has 0 aliphatic carbocycles. The van der Waals surface area contributed by atoms with E-state index in [-0.39, 0.29) is 0 Å². The molecule has 0 heterocycles. The smallest absolute Gasteiger partial charge is 0.00953 e. The Hall–Kier alpha value is -0.0400. The Morgan fingerprint density at radius 2 is 1.56 bits per heavy atom. The Labute approximate surface area is 103 Å². The topological polar surface area (TPSA) is 12.0 Å². The Morgan fingerprint density at radius 3 is 2.00 bits per heavy atom. The maximum absolute atomic E-state index is 3.75. The molecule has 2 atom stereocenters. The van der Waals surface area contributed by atoms with E-state index in [1.807, 2.05) is 0 Å². The molecule has 0 aliphatic rings. The van der Waals surface area contributed by atoms with Gasteiger partial charge in [0.1, 0.15) is 0 Å². The monoisotopic (exact) mass is 227 g/mol. The summed E-state index contributed by atoms with van der Waals surface area (Å²) in [5.41, 5.74) is 0. The predicted octanol–water partition coefficient (Wildman–Crippen LogP) is 4.62. The largest absolute Gasteiger partial charge is 0.314 e. The molecule has 0 bridgehead atoms. The van der Waals surface area contributed by atoms with Crippen molar-refractivity contribution in [2.24, 2.45) is 11.8 Å². The quantitative estimate of drug-likeness (QED) is 0.574. The zero-order valence-electron chi connectivity index (χ0n) is 12.2. The fourth-order valence-electron chi connectivity index (χ4n) is 2.48. The van der Waals surface area contributed by atoms with Gasteiger partial charge in [-0.05, 0) is 37.6 Å². The van der Waals surface area contributed by atoms with Gasteiger partial charge in [-0.2, -0.15) is 0 Å². The molecule has 0 aromatic rings. The molecule has 2 unspecified atom stereocenters. The summed E-state index contributed by atoms with van der Waals surface area (Å²) in [4.78, 5) is 0. The molecule has 1 heteroatoms. The standard InChI is InChI=1S/C15H33N/c1-6-10-13(5)15(16-11-7-2)12-14(8-3)9-4/h13-16H,6-12H2,1-5H3. The molecule has 98 valence electrons. The van der Waals surface area contributed by atoms with Gasteiger partial charge in [0.15, 0.2) is 0 Å². The van der Waals surface area contributed by atoms with E-state index in [4.69, 9.17) is 0 Å². The van der Waals surface area contributed by atoms with E-state index in [1.54, 1.807) is 0 Å². The van der Waals surface area contributed by atoms with Gasteiger partial charge >= 0.3 is 0 Å². The summed E-state index contributed by atoms with van der Waals surface area (Å²) >= 11 is 0. The molecule has 0 spiro atoms. The fourth-order valence-corrected chi connectivity index (χ4v) is 2.48. The molecule has 0 fully saturated rings. The summed E-state index contributed by atoms with van der Waals surface area (Å²) in [6.45, 7) is 12.8. The summed E-state index contributed by atoms with van der Waals surface area (Å²) in [6.07, 6.45) is 7.96. The SMILES string of the molecule is CCCNC(CC(CC)CC)C(C)CCC. The lowest BCUT2D eigenvalue weighted by atomic mass is 9.86. The Balaban J connectivity index is 4.16. The molecule has 16 heavy (non-hydrogen) atoms. The molecule has 0 aliphatic heterocycles. The molecular weight excluding hydrogens is 194 g/mol. The second-order valence-corrected chi connectivity index (χ2v) is 5.24. The zero-order valence-corrected chi connectivity index (χ0v) is 12.2. The lowest BCUT2D eigenvalue weighted by molar-refractivity contribution is 0.283. The fraction of sp³-hybridized carbons (Fsp3) is 1.00. The van der Waals surface area contributed by atoms with Crippen LogP contribution in [0.3, 0.4) is 0 Å². The second-order valence-electron chi connectivity index (χ2n) is 5.24. The maximum Gasteiger partial charge on any atom is 0.00953 e. The van der Waals surface area contributed by atoms with Crippen LogP contribution >= 0.6 is 0 Å². The number of nitrogens with one attached hydrogen (secondary N) is 1. The minimum Gasteiger partial charge on any atom is -0.314 e. The van der Waals surface area contributed by atoms with E-state index in [9.17, 15) is 0 Å². The van der Waals surface area contributed by atoms with Crippen molar-refractivity contribution in [3.8, 4) is 0 Å². The third-order valence-electron chi connectivity index (χ3n) is 3.83. The summed E-state index contributed by atoms with van der Waals surface area (Å²) in [6, 6.07) is 0.741. The highest BCUT2D eigenvalue weighted by atomic mass is 14.9. The van der Waals surface area contributed by atoms with Crippen LogP contribution in [-0.2, 0) is 0 Å². The first-order valence-electron chi connectivity index (χ1n) is 7.42. The molecule has 1 nitrogen and oxygen atoms in total. The van der Waals surface area contributed by atoms with Gasteiger partial charge in [0.05, 0.1) is 0 Å². The molecule has 1 N–H and O–H groups in total. The molecule has 0 rings (SSSR count). The summed E-state index contributed by atoms with van der Waals surface area (Å²) < 4.78 is 0. The van der Waals surface area contributed by atoms with Crippen LogP contribution in [0.25, 0.3) is 0 Å². The Morgan fingerprint density at radius 1 is 0.938 bits per heavy atom. The summed E-state index contributed by atoms with van der Waals surface area (Å²) in [5, 5.41) is 3.75. The van der Waals surface area contributed by atoms with Crippen molar-refractivity contribution in [3.63, 3.8) is 0 Å². The van der Waals surface area contributed by atoms with E-state index in [0.29, 0.717) is 0 Å². The molecule has 0 amide bonds. The van der Waals surface area contributed by atoms with Crippen molar-refractivity contribution in [1.82, 2.24) is 5.32 Å². The maximum atomic E-state index is 3.75. The van der Waals surface area contributed by atoms with Crippen LogP contribution < -0.4 is 5.32 Å². The summed E-state index contributed by atoms with van der Waals surface area (Å²) in [5.74, 6) is 1.74. The molecular formula is C15H33N. The summed E-state index contributed by atoms with van der Waals surface area (Å²) in [7, 11) is 0. The van der Waals surface area contributed by atoms with Crippen LogP contribution in [0.15, 0.2) is 0 Å².